The van der Waals surface area contributed by atoms with E-state index in [2.05, 4.69) is 5.32 Å². The lowest BCUT2D eigenvalue weighted by Gasteiger charge is -2.18. The Balaban J connectivity index is 2.82. The van der Waals surface area contributed by atoms with E-state index in [9.17, 15) is 10.2 Å². The van der Waals surface area contributed by atoms with Gasteiger partial charge in [-0.1, -0.05) is 12.1 Å². The van der Waals surface area contributed by atoms with Crippen molar-refractivity contribution >= 4 is 0 Å². The molecule has 0 radical (unpaired) electrons. The zero-order chi connectivity index (χ0) is 9.84. The van der Waals surface area contributed by atoms with E-state index in [0.717, 1.165) is 5.56 Å². The van der Waals surface area contributed by atoms with Crippen LogP contribution in [0.5, 0.6) is 5.75 Å². The molecule has 72 valence electrons. The molecule has 3 nitrogen and oxygen atoms in total. The van der Waals surface area contributed by atoms with Crippen molar-refractivity contribution in [1.82, 2.24) is 5.32 Å². The molecule has 3 N–H and O–H groups in total. The van der Waals surface area contributed by atoms with E-state index in [0.29, 0.717) is 0 Å². The Hall–Kier alpha value is -1.06. The summed E-state index contributed by atoms with van der Waals surface area (Å²) in [6.45, 7) is 1.88. The SMILES string of the molecule is CC(N[11CH3])C(O)c1cccc(O)c1. The predicted molar refractivity (Wildman–Crippen MR) is 51.6 cm³/mol. The van der Waals surface area contributed by atoms with E-state index < -0.39 is 6.10 Å². The van der Waals surface area contributed by atoms with Crippen LogP contribution in [-0.4, -0.2) is 23.3 Å². The molecule has 1 rings (SSSR count). The van der Waals surface area contributed by atoms with Crippen LogP contribution in [0.1, 0.15) is 18.6 Å². The highest BCUT2D eigenvalue weighted by Gasteiger charge is 2.14. The van der Waals surface area contributed by atoms with E-state index in [1.165, 1.54) is 0 Å². The summed E-state index contributed by atoms with van der Waals surface area (Å²) in [4.78, 5) is 0. The first-order valence-electron chi connectivity index (χ1n) is 4.29. The van der Waals surface area contributed by atoms with Gasteiger partial charge in [-0.25, -0.2) is 0 Å². The molecule has 0 amide bonds. The van der Waals surface area contributed by atoms with E-state index in [1.807, 2.05) is 6.92 Å². The molecule has 0 saturated heterocycles. The smallest absolute Gasteiger partial charge is 0.115 e. The number of benzene rings is 1. The van der Waals surface area contributed by atoms with Gasteiger partial charge < -0.3 is 15.5 Å². The number of rotatable bonds is 3. The lowest BCUT2D eigenvalue weighted by Crippen LogP contribution is -2.28. The first-order valence-corrected chi connectivity index (χ1v) is 4.29. The van der Waals surface area contributed by atoms with Crippen molar-refractivity contribution in [2.75, 3.05) is 7.05 Å². The molecule has 1 aromatic rings. The van der Waals surface area contributed by atoms with Crippen LogP contribution >= 0.6 is 0 Å². The van der Waals surface area contributed by atoms with Crippen LogP contribution in [0.25, 0.3) is 0 Å². The summed E-state index contributed by atoms with van der Waals surface area (Å²) < 4.78 is 0. The Labute approximate surface area is 78.0 Å². The van der Waals surface area contributed by atoms with Gasteiger partial charge in [0.15, 0.2) is 0 Å². The van der Waals surface area contributed by atoms with Gasteiger partial charge in [0, 0.05) is 6.04 Å². The molecule has 0 spiro atoms. The maximum absolute atomic E-state index is 9.74. The summed E-state index contributed by atoms with van der Waals surface area (Å²) in [6.07, 6.45) is -0.586. The molecule has 13 heavy (non-hydrogen) atoms. The van der Waals surface area contributed by atoms with Crippen molar-refractivity contribution in [2.24, 2.45) is 0 Å². The molecule has 1 aromatic carbocycles. The molecular formula is C10H15NO2. The average molecular weight is 180 g/mol. The first-order chi connectivity index (χ1) is 6.15. The zero-order valence-corrected chi connectivity index (χ0v) is 7.86. The molecule has 0 bridgehead atoms. The Bertz CT molecular complexity index is 275. The van der Waals surface area contributed by atoms with Crippen molar-refractivity contribution in [2.45, 2.75) is 19.1 Å². The Morgan fingerprint density at radius 1 is 1.38 bits per heavy atom. The van der Waals surface area contributed by atoms with Gasteiger partial charge in [0.05, 0.1) is 6.10 Å². The second-order valence-corrected chi connectivity index (χ2v) is 3.12. The highest BCUT2D eigenvalue weighted by molar-refractivity contribution is 5.29. The summed E-state index contributed by atoms with van der Waals surface area (Å²) >= 11 is 0. The summed E-state index contributed by atoms with van der Waals surface area (Å²) in [7, 11) is 1.79. The van der Waals surface area contributed by atoms with Crippen molar-refractivity contribution in [3.05, 3.63) is 29.8 Å². The van der Waals surface area contributed by atoms with Gasteiger partial charge in [0.2, 0.25) is 0 Å². The largest absolute Gasteiger partial charge is 0.508 e. The average Bonchev–Trinajstić information content (AvgIpc) is 2.15. The van der Waals surface area contributed by atoms with Crippen LogP contribution in [-0.2, 0) is 0 Å². The second-order valence-electron chi connectivity index (χ2n) is 3.12. The van der Waals surface area contributed by atoms with Gasteiger partial charge in [-0.15, -0.1) is 0 Å². The number of nitrogens with one attached hydrogen (secondary N) is 1. The molecule has 0 heterocycles. The number of hydrogen-bond acceptors (Lipinski definition) is 3. The van der Waals surface area contributed by atoms with Gasteiger partial charge in [-0.2, -0.15) is 0 Å². The summed E-state index contributed by atoms with van der Waals surface area (Å²) in [5.74, 6) is 0.180. The molecule has 0 fully saturated rings. The van der Waals surface area contributed by atoms with E-state index in [4.69, 9.17) is 0 Å². The summed E-state index contributed by atoms with van der Waals surface area (Å²) in [5, 5.41) is 21.9. The van der Waals surface area contributed by atoms with Gasteiger partial charge in [0.1, 0.15) is 5.75 Å². The van der Waals surface area contributed by atoms with Crippen LogP contribution in [0, 0.1) is 0 Å². The van der Waals surface area contributed by atoms with E-state index in [1.54, 1.807) is 31.3 Å². The van der Waals surface area contributed by atoms with Crippen LogP contribution in [0.4, 0.5) is 0 Å². The quantitative estimate of drug-likeness (QED) is 0.651. The maximum atomic E-state index is 9.74. The Morgan fingerprint density at radius 3 is 2.62 bits per heavy atom. The van der Waals surface area contributed by atoms with Crippen molar-refractivity contribution < 1.29 is 10.2 Å². The van der Waals surface area contributed by atoms with Crippen molar-refractivity contribution in [1.29, 1.82) is 0 Å². The molecular weight excluding hydrogens is 165 g/mol. The molecule has 0 aliphatic carbocycles. The topological polar surface area (TPSA) is 52.5 Å². The fourth-order valence-electron chi connectivity index (χ4n) is 1.16. The third-order valence-corrected chi connectivity index (χ3v) is 2.14. The van der Waals surface area contributed by atoms with Crippen molar-refractivity contribution in [3.63, 3.8) is 0 Å². The molecule has 3 heteroatoms. The number of aliphatic hydroxyl groups excluding tert-OH is 1. The zero-order valence-electron chi connectivity index (χ0n) is 7.86. The highest BCUT2D eigenvalue weighted by Crippen LogP contribution is 2.20. The minimum absolute atomic E-state index is 0.0261. The number of hydrogen-bond donors (Lipinski definition) is 3. The lowest BCUT2D eigenvalue weighted by atomic mass is 10.0. The third-order valence-electron chi connectivity index (χ3n) is 2.14. The minimum Gasteiger partial charge on any atom is -0.508 e. The van der Waals surface area contributed by atoms with Crippen LogP contribution in [0.15, 0.2) is 24.3 Å². The van der Waals surface area contributed by atoms with Gasteiger partial charge in [0.25, 0.3) is 0 Å². The van der Waals surface area contributed by atoms with Crippen molar-refractivity contribution in [3.8, 4) is 5.75 Å². The standard InChI is InChI=1S/C10H15NO2/c1-7(11-2)10(13)8-4-3-5-9(12)6-8/h3-7,10-13H,1-2H3/i2-1. The molecule has 0 aromatic heterocycles. The van der Waals surface area contributed by atoms with E-state index >= 15 is 0 Å². The molecule has 0 aliphatic rings. The molecule has 0 saturated carbocycles. The summed E-state index contributed by atoms with van der Waals surface area (Å²) in [5.41, 5.74) is 0.724. The number of phenolic OH excluding ortho intramolecular Hbond substituents is 1. The van der Waals surface area contributed by atoms with Gasteiger partial charge >= 0.3 is 0 Å². The van der Waals surface area contributed by atoms with E-state index in [-0.39, 0.29) is 11.8 Å². The highest BCUT2D eigenvalue weighted by atomic mass is 16.3. The Kier molecular flexibility index (Phi) is 3.28. The Morgan fingerprint density at radius 2 is 2.08 bits per heavy atom. The maximum Gasteiger partial charge on any atom is 0.115 e. The number of aliphatic hydroxyl groups is 1. The summed E-state index contributed by atoms with van der Waals surface area (Å²) in [6, 6.07) is 6.63. The molecule has 2 atom stereocenters. The van der Waals surface area contributed by atoms with Crippen LogP contribution in [0.2, 0.25) is 0 Å². The molecule has 2 unspecified atom stereocenters. The lowest BCUT2D eigenvalue weighted by molar-refractivity contribution is 0.140. The second kappa shape index (κ2) is 4.25. The van der Waals surface area contributed by atoms with Gasteiger partial charge in [-0.3, -0.25) is 0 Å². The number of phenols is 1. The number of aromatic hydroxyl groups is 1. The fourth-order valence-corrected chi connectivity index (χ4v) is 1.16. The minimum atomic E-state index is -0.586. The van der Waals surface area contributed by atoms with Gasteiger partial charge in [-0.05, 0) is 31.7 Å². The van der Waals surface area contributed by atoms with Crippen LogP contribution in [0.3, 0.4) is 0 Å². The monoisotopic (exact) mass is 180 g/mol. The number of likely N-dealkylation sites (N-methyl/N-ethyl adjacent to an activating group) is 1. The first kappa shape index (κ1) is 10.0. The van der Waals surface area contributed by atoms with Crippen LogP contribution < -0.4 is 5.32 Å². The normalized spacial score (nSPS) is 15.3. The fraction of sp³-hybridized carbons (Fsp3) is 0.400. The predicted octanol–water partition coefficient (Wildman–Crippen LogP) is 1.03. The third kappa shape index (κ3) is 2.44. The molecule has 0 aliphatic heterocycles.